The molecule has 0 aliphatic carbocycles. The first kappa shape index (κ1) is 16.3. The highest BCUT2D eigenvalue weighted by Gasteiger charge is 2.23. The molecule has 1 aliphatic rings. The highest BCUT2D eigenvalue weighted by molar-refractivity contribution is 8.18. The molecule has 0 bridgehead atoms. The van der Waals surface area contributed by atoms with E-state index >= 15 is 0 Å². The first-order chi connectivity index (χ1) is 11.5. The van der Waals surface area contributed by atoms with E-state index in [0.717, 1.165) is 5.56 Å². The van der Waals surface area contributed by atoms with E-state index in [4.69, 9.17) is 0 Å². The fourth-order valence-corrected chi connectivity index (χ4v) is 3.10. The molecule has 2 aromatic rings. The Balaban J connectivity index is 1.77. The summed E-state index contributed by atoms with van der Waals surface area (Å²) in [5.74, 6) is 0.526. The minimum absolute atomic E-state index is 0.148. The third-order valence-corrected chi connectivity index (χ3v) is 4.54. The second-order valence-electron chi connectivity index (χ2n) is 5.82. The van der Waals surface area contributed by atoms with Gasteiger partial charge < -0.3 is 10.4 Å². The van der Waals surface area contributed by atoms with Crippen LogP contribution < -0.4 is 5.32 Å². The summed E-state index contributed by atoms with van der Waals surface area (Å²) >= 11 is 1.31. The van der Waals surface area contributed by atoms with Crippen LogP contribution >= 0.6 is 11.8 Å². The normalized spacial score (nSPS) is 17.7. The van der Waals surface area contributed by atoms with Crippen LogP contribution in [0.5, 0.6) is 5.75 Å². The van der Waals surface area contributed by atoms with E-state index in [0.29, 0.717) is 21.7 Å². The van der Waals surface area contributed by atoms with Gasteiger partial charge in [0.2, 0.25) is 0 Å². The lowest BCUT2D eigenvalue weighted by Gasteiger charge is -2.04. The quantitative estimate of drug-likeness (QED) is 0.815. The van der Waals surface area contributed by atoms with Gasteiger partial charge in [0, 0.05) is 0 Å². The van der Waals surface area contributed by atoms with Crippen molar-refractivity contribution in [3.05, 3.63) is 64.6 Å². The molecular formula is C19H18N2O2S. The second kappa shape index (κ2) is 6.93. The van der Waals surface area contributed by atoms with Crippen molar-refractivity contribution in [2.75, 3.05) is 0 Å². The number of rotatable bonds is 3. The second-order valence-corrected chi connectivity index (χ2v) is 6.85. The smallest absolute Gasteiger partial charge is 0.264 e. The Morgan fingerprint density at radius 2 is 1.75 bits per heavy atom. The Labute approximate surface area is 145 Å². The fraction of sp³-hybridized carbons (Fsp3) is 0.158. The predicted octanol–water partition coefficient (Wildman–Crippen LogP) is 4.41. The monoisotopic (exact) mass is 338 g/mol. The van der Waals surface area contributed by atoms with Gasteiger partial charge in [-0.25, -0.2) is 4.99 Å². The summed E-state index contributed by atoms with van der Waals surface area (Å²) in [7, 11) is 0. The predicted molar refractivity (Wildman–Crippen MR) is 99.4 cm³/mol. The minimum atomic E-state index is -0.148. The number of nitrogens with zero attached hydrogens (tertiary/aromatic N) is 1. The SMILES string of the molecule is CC(C)c1ccc(C=C2SC(=Nc3ccc(O)cc3)NC2=O)cc1. The highest BCUT2D eigenvalue weighted by atomic mass is 32.2. The van der Waals surface area contributed by atoms with Gasteiger partial charge in [-0.15, -0.1) is 0 Å². The number of hydrogen-bond acceptors (Lipinski definition) is 4. The zero-order chi connectivity index (χ0) is 17.1. The lowest BCUT2D eigenvalue weighted by atomic mass is 10.0. The number of carbonyl (C=O) groups excluding carboxylic acids is 1. The maximum absolute atomic E-state index is 12.1. The molecular weight excluding hydrogens is 320 g/mol. The number of nitrogens with one attached hydrogen (secondary N) is 1. The lowest BCUT2D eigenvalue weighted by molar-refractivity contribution is -0.115. The van der Waals surface area contributed by atoms with Crippen LogP contribution in [-0.2, 0) is 4.79 Å². The van der Waals surface area contributed by atoms with Gasteiger partial charge >= 0.3 is 0 Å². The summed E-state index contributed by atoms with van der Waals surface area (Å²) in [4.78, 5) is 17.1. The van der Waals surface area contributed by atoms with Crippen molar-refractivity contribution in [2.24, 2.45) is 4.99 Å². The van der Waals surface area contributed by atoms with E-state index in [2.05, 4.69) is 36.3 Å². The van der Waals surface area contributed by atoms with Gasteiger partial charge in [-0.3, -0.25) is 4.79 Å². The molecule has 0 saturated carbocycles. The molecule has 0 unspecified atom stereocenters. The Bertz CT molecular complexity index is 806. The Kier molecular flexibility index (Phi) is 4.71. The van der Waals surface area contributed by atoms with Crippen molar-refractivity contribution in [3.8, 4) is 5.75 Å². The van der Waals surface area contributed by atoms with Gasteiger partial charge in [0.05, 0.1) is 10.6 Å². The zero-order valence-corrected chi connectivity index (χ0v) is 14.3. The number of aromatic hydroxyl groups is 1. The Hall–Kier alpha value is -2.53. The number of phenolic OH excluding ortho intramolecular Hbond substituents is 1. The van der Waals surface area contributed by atoms with E-state index in [1.165, 1.54) is 17.3 Å². The van der Waals surface area contributed by atoms with Crippen LogP contribution in [0, 0.1) is 0 Å². The molecule has 1 saturated heterocycles. The average molecular weight is 338 g/mol. The summed E-state index contributed by atoms with van der Waals surface area (Å²) in [5.41, 5.74) is 2.94. The third kappa shape index (κ3) is 3.86. The van der Waals surface area contributed by atoms with Crippen LogP contribution in [0.1, 0.15) is 30.9 Å². The Morgan fingerprint density at radius 3 is 2.38 bits per heavy atom. The number of amides is 1. The van der Waals surface area contributed by atoms with E-state index < -0.39 is 0 Å². The molecule has 2 aromatic carbocycles. The number of hydrogen-bond donors (Lipinski definition) is 2. The molecule has 1 heterocycles. The number of aliphatic imine (C=N–C) groups is 1. The number of thioether (sulfide) groups is 1. The zero-order valence-electron chi connectivity index (χ0n) is 13.5. The number of amidine groups is 1. The van der Waals surface area contributed by atoms with Gasteiger partial charge in [0.15, 0.2) is 5.17 Å². The van der Waals surface area contributed by atoms with Gasteiger partial charge in [-0.05, 0) is 59.1 Å². The number of carbonyl (C=O) groups is 1. The first-order valence-electron chi connectivity index (χ1n) is 7.70. The number of phenols is 1. The highest BCUT2D eigenvalue weighted by Crippen LogP contribution is 2.28. The van der Waals surface area contributed by atoms with Gasteiger partial charge in [-0.1, -0.05) is 38.1 Å². The lowest BCUT2D eigenvalue weighted by Crippen LogP contribution is -2.19. The van der Waals surface area contributed by atoms with Crippen molar-refractivity contribution in [1.29, 1.82) is 0 Å². The van der Waals surface area contributed by atoms with Crippen LogP contribution in [0.2, 0.25) is 0 Å². The van der Waals surface area contributed by atoms with E-state index in [9.17, 15) is 9.90 Å². The summed E-state index contributed by atoms with van der Waals surface area (Å²) in [6.45, 7) is 4.31. The molecule has 122 valence electrons. The van der Waals surface area contributed by atoms with Crippen LogP contribution in [0.25, 0.3) is 6.08 Å². The molecule has 0 radical (unpaired) electrons. The van der Waals surface area contributed by atoms with Crippen LogP contribution in [0.3, 0.4) is 0 Å². The molecule has 0 atom stereocenters. The first-order valence-corrected chi connectivity index (χ1v) is 8.51. The van der Waals surface area contributed by atoms with E-state index in [1.807, 2.05) is 18.2 Å². The van der Waals surface area contributed by atoms with Crippen LogP contribution in [0.15, 0.2) is 58.4 Å². The van der Waals surface area contributed by atoms with Gasteiger partial charge in [-0.2, -0.15) is 0 Å². The van der Waals surface area contributed by atoms with Crippen molar-refractivity contribution in [3.63, 3.8) is 0 Å². The molecule has 2 N–H and O–H groups in total. The molecule has 0 spiro atoms. The number of benzene rings is 2. The molecule has 1 amide bonds. The van der Waals surface area contributed by atoms with Crippen molar-refractivity contribution < 1.29 is 9.90 Å². The van der Waals surface area contributed by atoms with Crippen molar-refractivity contribution in [1.82, 2.24) is 5.32 Å². The summed E-state index contributed by atoms with van der Waals surface area (Å²) in [6, 6.07) is 14.7. The third-order valence-electron chi connectivity index (χ3n) is 3.63. The van der Waals surface area contributed by atoms with E-state index in [-0.39, 0.29) is 11.7 Å². The molecule has 3 rings (SSSR count). The van der Waals surface area contributed by atoms with Crippen molar-refractivity contribution >= 4 is 34.6 Å². The molecule has 1 aliphatic heterocycles. The fourth-order valence-electron chi connectivity index (χ4n) is 2.25. The summed E-state index contributed by atoms with van der Waals surface area (Å²) in [6.07, 6.45) is 1.86. The Morgan fingerprint density at radius 1 is 1.08 bits per heavy atom. The molecule has 0 aromatic heterocycles. The minimum Gasteiger partial charge on any atom is -0.508 e. The molecule has 5 heteroatoms. The van der Waals surface area contributed by atoms with E-state index in [1.54, 1.807) is 24.3 Å². The topological polar surface area (TPSA) is 61.7 Å². The summed E-state index contributed by atoms with van der Waals surface area (Å²) < 4.78 is 0. The van der Waals surface area contributed by atoms with Crippen LogP contribution in [-0.4, -0.2) is 16.2 Å². The molecule has 4 nitrogen and oxygen atoms in total. The molecule has 24 heavy (non-hydrogen) atoms. The van der Waals surface area contributed by atoms with Gasteiger partial charge in [0.25, 0.3) is 5.91 Å². The summed E-state index contributed by atoms with van der Waals surface area (Å²) in [5, 5.41) is 12.6. The van der Waals surface area contributed by atoms with Gasteiger partial charge in [0.1, 0.15) is 5.75 Å². The van der Waals surface area contributed by atoms with Crippen LogP contribution in [0.4, 0.5) is 5.69 Å². The van der Waals surface area contributed by atoms with Crippen molar-refractivity contribution in [2.45, 2.75) is 19.8 Å². The molecule has 1 fully saturated rings. The maximum Gasteiger partial charge on any atom is 0.264 e. The largest absolute Gasteiger partial charge is 0.508 e. The standard InChI is InChI=1S/C19H18N2O2S/c1-12(2)14-5-3-13(4-6-14)11-17-18(23)21-19(24-17)20-15-7-9-16(22)10-8-15/h3-12,22H,1-2H3,(H,20,21,23). The maximum atomic E-state index is 12.1. The average Bonchev–Trinajstić information content (AvgIpc) is 2.89.